The highest BCUT2D eigenvalue weighted by Gasteiger charge is 2.19. The summed E-state index contributed by atoms with van der Waals surface area (Å²) in [5.41, 5.74) is 0.904. The SMILES string of the molecule is CCCC(=O)NCC(=O)NCC(Cc1ccc2ccccc2c1)C(=O)O. The summed E-state index contributed by atoms with van der Waals surface area (Å²) < 4.78 is 0. The van der Waals surface area contributed by atoms with Crippen LogP contribution in [0.1, 0.15) is 25.3 Å². The van der Waals surface area contributed by atoms with E-state index in [4.69, 9.17) is 0 Å². The molecular weight excluding hydrogens is 332 g/mol. The van der Waals surface area contributed by atoms with Crippen molar-refractivity contribution in [3.05, 3.63) is 48.0 Å². The number of fused-ring (bicyclic) bond motifs is 1. The van der Waals surface area contributed by atoms with Gasteiger partial charge < -0.3 is 15.7 Å². The van der Waals surface area contributed by atoms with E-state index in [9.17, 15) is 19.5 Å². The van der Waals surface area contributed by atoms with E-state index in [0.717, 1.165) is 16.3 Å². The number of carboxylic acids is 1. The van der Waals surface area contributed by atoms with Gasteiger partial charge in [-0.05, 0) is 29.2 Å². The molecular formula is C20H24N2O4. The third-order valence-corrected chi connectivity index (χ3v) is 4.11. The summed E-state index contributed by atoms with van der Waals surface area (Å²) in [7, 11) is 0. The van der Waals surface area contributed by atoms with Gasteiger partial charge in [0.05, 0.1) is 12.5 Å². The molecule has 0 heterocycles. The number of carbonyl (C=O) groups is 3. The highest BCUT2D eigenvalue weighted by molar-refractivity contribution is 5.85. The molecule has 2 rings (SSSR count). The molecule has 0 bridgehead atoms. The minimum absolute atomic E-state index is 0.0185. The number of benzene rings is 2. The molecule has 6 nitrogen and oxygen atoms in total. The number of hydrogen-bond acceptors (Lipinski definition) is 3. The van der Waals surface area contributed by atoms with Crippen molar-refractivity contribution in [1.82, 2.24) is 10.6 Å². The van der Waals surface area contributed by atoms with Crippen LogP contribution >= 0.6 is 0 Å². The van der Waals surface area contributed by atoms with Crippen LogP contribution in [0, 0.1) is 5.92 Å². The van der Waals surface area contributed by atoms with Crippen LogP contribution in [0.3, 0.4) is 0 Å². The summed E-state index contributed by atoms with van der Waals surface area (Å²) >= 11 is 0. The van der Waals surface area contributed by atoms with Gasteiger partial charge in [0, 0.05) is 13.0 Å². The molecule has 0 saturated carbocycles. The molecule has 2 amide bonds. The van der Waals surface area contributed by atoms with Crippen LogP contribution in [0.15, 0.2) is 42.5 Å². The average molecular weight is 356 g/mol. The van der Waals surface area contributed by atoms with E-state index in [-0.39, 0.29) is 24.9 Å². The third-order valence-electron chi connectivity index (χ3n) is 4.11. The first-order chi connectivity index (χ1) is 12.5. The van der Waals surface area contributed by atoms with Crippen molar-refractivity contribution in [2.75, 3.05) is 13.1 Å². The van der Waals surface area contributed by atoms with Gasteiger partial charge in [0.1, 0.15) is 0 Å². The van der Waals surface area contributed by atoms with Gasteiger partial charge in [-0.25, -0.2) is 0 Å². The van der Waals surface area contributed by atoms with Crippen molar-refractivity contribution < 1.29 is 19.5 Å². The Kier molecular flexibility index (Phi) is 7.14. The number of rotatable bonds is 9. The standard InChI is InChI=1S/C20H24N2O4/c1-2-5-18(23)22-13-19(24)21-12-17(20(25)26)11-14-8-9-15-6-3-4-7-16(15)10-14/h3-4,6-10,17H,2,5,11-13H2,1H3,(H,21,24)(H,22,23)(H,25,26). The fraction of sp³-hybridized carbons (Fsp3) is 0.350. The van der Waals surface area contributed by atoms with Crippen molar-refractivity contribution >= 4 is 28.6 Å². The maximum Gasteiger partial charge on any atom is 0.308 e. The Hall–Kier alpha value is -2.89. The molecule has 26 heavy (non-hydrogen) atoms. The lowest BCUT2D eigenvalue weighted by atomic mass is 9.97. The first-order valence-electron chi connectivity index (χ1n) is 8.73. The van der Waals surface area contributed by atoms with Crippen LogP contribution in [-0.4, -0.2) is 36.0 Å². The smallest absolute Gasteiger partial charge is 0.308 e. The van der Waals surface area contributed by atoms with Gasteiger partial charge in [0.25, 0.3) is 0 Å². The average Bonchev–Trinajstić information content (AvgIpc) is 2.63. The van der Waals surface area contributed by atoms with Crippen molar-refractivity contribution in [2.24, 2.45) is 5.92 Å². The van der Waals surface area contributed by atoms with Crippen molar-refractivity contribution in [3.8, 4) is 0 Å². The zero-order chi connectivity index (χ0) is 18.9. The van der Waals surface area contributed by atoms with Crippen molar-refractivity contribution in [2.45, 2.75) is 26.2 Å². The van der Waals surface area contributed by atoms with Gasteiger partial charge in [0.2, 0.25) is 11.8 Å². The highest BCUT2D eigenvalue weighted by Crippen LogP contribution is 2.18. The topological polar surface area (TPSA) is 95.5 Å². The van der Waals surface area contributed by atoms with E-state index < -0.39 is 11.9 Å². The fourth-order valence-electron chi connectivity index (χ4n) is 2.69. The molecule has 0 aromatic heterocycles. The number of aliphatic carboxylic acids is 1. The van der Waals surface area contributed by atoms with Crippen LogP contribution < -0.4 is 10.6 Å². The molecule has 2 aromatic carbocycles. The first-order valence-corrected chi connectivity index (χ1v) is 8.73. The van der Waals surface area contributed by atoms with Crippen molar-refractivity contribution in [3.63, 3.8) is 0 Å². The molecule has 1 atom stereocenters. The number of carboxylic acid groups (broad SMARTS) is 1. The van der Waals surface area contributed by atoms with Crippen LogP contribution in [0.4, 0.5) is 0 Å². The van der Waals surface area contributed by atoms with Crippen LogP contribution in [0.25, 0.3) is 10.8 Å². The normalized spacial score (nSPS) is 11.7. The number of hydrogen-bond donors (Lipinski definition) is 3. The monoisotopic (exact) mass is 356 g/mol. The number of amides is 2. The maximum atomic E-state index is 11.8. The van der Waals surface area contributed by atoms with Gasteiger partial charge in [-0.2, -0.15) is 0 Å². The maximum absolute atomic E-state index is 11.8. The summed E-state index contributed by atoms with van der Waals surface area (Å²) in [6.07, 6.45) is 1.40. The minimum Gasteiger partial charge on any atom is -0.481 e. The summed E-state index contributed by atoms with van der Waals surface area (Å²) in [5, 5.41) is 16.7. The zero-order valence-electron chi connectivity index (χ0n) is 14.8. The summed E-state index contributed by atoms with van der Waals surface area (Å²) in [4.78, 5) is 34.7. The molecule has 0 spiro atoms. The van der Waals surface area contributed by atoms with E-state index in [1.165, 1.54) is 0 Å². The summed E-state index contributed by atoms with van der Waals surface area (Å²) in [5.74, 6) is -2.27. The van der Waals surface area contributed by atoms with E-state index in [0.29, 0.717) is 19.3 Å². The van der Waals surface area contributed by atoms with Gasteiger partial charge in [-0.3, -0.25) is 14.4 Å². The van der Waals surface area contributed by atoms with E-state index in [2.05, 4.69) is 10.6 Å². The molecule has 1 unspecified atom stereocenters. The van der Waals surface area contributed by atoms with Crippen molar-refractivity contribution in [1.29, 1.82) is 0 Å². The second-order valence-electron chi connectivity index (χ2n) is 6.25. The quantitative estimate of drug-likeness (QED) is 0.641. The fourth-order valence-corrected chi connectivity index (χ4v) is 2.69. The molecule has 0 radical (unpaired) electrons. The summed E-state index contributed by atoms with van der Waals surface area (Å²) in [6.45, 7) is 1.76. The Labute approximate surface area is 152 Å². The lowest BCUT2D eigenvalue weighted by Gasteiger charge is -2.14. The Bertz CT molecular complexity index is 788. The Morgan fingerprint density at radius 3 is 2.42 bits per heavy atom. The predicted octanol–water partition coefficient (Wildman–Crippen LogP) is 2.12. The van der Waals surface area contributed by atoms with Gasteiger partial charge in [-0.15, -0.1) is 0 Å². The zero-order valence-corrected chi connectivity index (χ0v) is 14.8. The molecule has 138 valence electrons. The molecule has 6 heteroatoms. The lowest BCUT2D eigenvalue weighted by Crippen LogP contribution is -2.40. The van der Waals surface area contributed by atoms with Gasteiger partial charge in [-0.1, -0.05) is 49.4 Å². The summed E-state index contributed by atoms with van der Waals surface area (Å²) in [6, 6.07) is 13.7. The Balaban J connectivity index is 1.90. The highest BCUT2D eigenvalue weighted by atomic mass is 16.4. The van der Waals surface area contributed by atoms with Crippen LogP contribution in [0.2, 0.25) is 0 Å². The second-order valence-corrected chi connectivity index (χ2v) is 6.25. The molecule has 0 aliphatic carbocycles. The number of carbonyl (C=O) groups excluding carboxylic acids is 2. The second kappa shape index (κ2) is 9.56. The Morgan fingerprint density at radius 2 is 1.73 bits per heavy atom. The molecule has 0 saturated heterocycles. The largest absolute Gasteiger partial charge is 0.481 e. The van der Waals surface area contributed by atoms with Gasteiger partial charge in [0.15, 0.2) is 0 Å². The molecule has 0 aliphatic heterocycles. The van der Waals surface area contributed by atoms with E-state index >= 15 is 0 Å². The first kappa shape index (κ1) is 19.4. The molecule has 0 fully saturated rings. The van der Waals surface area contributed by atoms with Crippen LogP contribution in [0.5, 0.6) is 0 Å². The van der Waals surface area contributed by atoms with Crippen LogP contribution in [-0.2, 0) is 20.8 Å². The predicted molar refractivity (Wildman–Crippen MR) is 99.7 cm³/mol. The molecule has 2 aromatic rings. The van der Waals surface area contributed by atoms with E-state index in [1.54, 1.807) is 0 Å². The lowest BCUT2D eigenvalue weighted by molar-refractivity contribution is -0.141. The Morgan fingerprint density at radius 1 is 1.00 bits per heavy atom. The number of nitrogens with one attached hydrogen (secondary N) is 2. The third kappa shape index (κ3) is 5.88. The minimum atomic E-state index is -0.964. The van der Waals surface area contributed by atoms with Gasteiger partial charge >= 0.3 is 5.97 Å². The molecule has 0 aliphatic rings. The van der Waals surface area contributed by atoms with E-state index in [1.807, 2.05) is 49.4 Å². The molecule has 3 N–H and O–H groups in total.